The van der Waals surface area contributed by atoms with Gasteiger partial charge in [-0.05, 0) is 11.1 Å². The molecule has 4 atom stereocenters. The van der Waals surface area contributed by atoms with Gasteiger partial charge in [-0.3, -0.25) is 19.2 Å². The second-order valence-electron chi connectivity index (χ2n) is 9.39. The van der Waals surface area contributed by atoms with Crippen molar-refractivity contribution in [3.63, 3.8) is 0 Å². The summed E-state index contributed by atoms with van der Waals surface area (Å²) >= 11 is 0. The molecule has 0 spiro atoms. The summed E-state index contributed by atoms with van der Waals surface area (Å²) in [6.45, 7) is 0. The number of benzene rings is 2. The van der Waals surface area contributed by atoms with Crippen LogP contribution in [-0.4, -0.2) is 74.0 Å². The van der Waals surface area contributed by atoms with Crippen LogP contribution in [0.25, 0.3) is 0 Å². The molecule has 0 radical (unpaired) electrons. The van der Waals surface area contributed by atoms with Gasteiger partial charge in [-0.2, -0.15) is 0 Å². The van der Waals surface area contributed by atoms with Crippen LogP contribution in [0.5, 0.6) is 0 Å². The van der Waals surface area contributed by atoms with Crippen molar-refractivity contribution < 1.29 is 34.2 Å². The number of aromatic nitrogens is 2. The summed E-state index contributed by atoms with van der Waals surface area (Å²) in [5.41, 5.74) is 8.08. The number of aromatic amines is 1. The maximum atomic E-state index is 13.6. The van der Waals surface area contributed by atoms with Crippen molar-refractivity contribution in [2.45, 2.75) is 49.9 Å². The zero-order valence-corrected chi connectivity index (χ0v) is 22.0. The quantitative estimate of drug-likeness (QED) is 0.130. The molecule has 41 heavy (non-hydrogen) atoms. The highest BCUT2D eigenvalue weighted by Gasteiger charge is 2.31. The zero-order valence-electron chi connectivity index (χ0n) is 22.0. The fraction of sp³-hybridized carbons (Fsp3) is 0.286. The van der Waals surface area contributed by atoms with E-state index in [1.807, 2.05) is 0 Å². The Kier molecular flexibility index (Phi) is 11.1. The first-order chi connectivity index (χ1) is 19.6. The van der Waals surface area contributed by atoms with Crippen LogP contribution in [0.3, 0.4) is 0 Å². The summed E-state index contributed by atoms with van der Waals surface area (Å²) in [5, 5.41) is 25.9. The smallest absolute Gasteiger partial charge is 0.326 e. The predicted octanol–water partition coefficient (Wildman–Crippen LogP) is -0.221. The van der Waals surface area contributed by atoms with E-state index >= 15 is 0 Å². The Balaban J connectivity index is 1.82. The third-order valence-corrected chi connectivity index (χ3v) is 6.16. The maximum absolute atomic E-state index is 13.6. The van der Waals surface area contributed by atoms with E-state index < -0.39 is 60.2 Å². The molecule has 13 heteroatoms. The molecule has 13 nitrogen and oxygen atoms in total. The minimum Gasteiger partial charge on any atom is -0.481 e. The van der Waals surface area contributed by atoms with Crippen molar-refractivity contribution >= 4 is 29.7 Å². The van der Waals surface area contributed by atoms with Gasteiger partial charge in [0.1, 0.15) is 18.1 Å². The molecule has 1 aromatic heterocycles. The predicted molar refractivity (Wildman–Crippen MR) is 146 cm³/mol. The molecule has 0 aliphatic carbocycles. The monoisotopic (exact) mass is 564 g/mol. The number of carbonyl (C=O) groups is 5. The highest BCUT2D eigenvalue weighted by Crippen LogP contribution is 2.08. The number of carbonyl (C=O) groups excluding carboxylic acids is 3. The van der Waals surface area contributed by atoms with Crippen LogP contribution in [0.1, 0.15) is 23.2 Å². The maximum Gasteiger partial charge on any atom is 0.326 e. The van der Waals surface area contributed by atoms with Crippen molar-refractivity contribution in [1.82, 2.24) is 25.9 Å². The van der Waals surface area contributed by atoms with Crippen molar-refractivity contribution in [2.75, 3.05) is 0 Å². The number of hydrogen-bond acceptors (Lipinski definition) is 7. The number of H-pyrrole nitrogens is 1. The van der Waals surface area contributed by atoms with Gasteiger partial charge in [0, 0.05) is 31.2 Å². The molecular weight excluding hydrogens is 532 g/mol. The molecule has 0 fully saturated rings. The average Bonchev–Trinajstić information content (AvgIpc) is 3.45. The number of hydrogen-bond donors (Lipinski definition) is 7. The number of nitrogens with two attached hydrogens (primary N) is 1. The first kappa shape index (κ1) is 30.5. The van der Waals surface area contributed by atoms with Crippen LogP contribution in [0.15, 0.2) is 73.2 Å². The Morgan fingerprint density at radius 3 is 1.66 bits per heavy atom. The minimum absolute atomic E-state index is 0.0246. The van der Waals surface area contributed by atoms with Crippen molar-refractivity contribution in [2.24, 2.45) is 5.73 Å². The average molecular weight is 565 g/mol. The number of imidazole rings is 1. The Morgan fingerprint density at radius 1 is 0.732 bits per heavy atom. The van der Waals surface area contributed by atoms with Gasteiger partial charge in [-0.1, -0.05) is 60.7 Å². The van der Waals surface area contributed by atoms with Crippen LogP contribution in [0, 0.1) is 0 Å². The molecule has 216 valence electrons. The molecule has 0 bridgehead atoms. The lowest BCUT2D eigenvalue weighted by Gasteiger charge is -2.25. The third-order valence-electron chi connectivity index (χ3n) is 6.16. The second kappa shape index (κ2) is 14.9. The number of carboxylic acid groups (broad SMARTS) is 2. The molecule has 3 rings (SSSR count). The van der Waals surface area contributed by atoms with Crippen molar-refractivity contribution in [3.05, 3.63) is 90.0 Å². The summed E-state index contributed by atoms with van der Waals surface area (Å²) in [6, 6.07) is 12.4. The van der Waals surface area contributed by atoms with Gasteiger partial charge >= 0.3 is 11.9 Å². The molecular formula is C28H32N6O7. The first-order valence-electron chi connectivity index (χ1n) is 12.8. The highest BCUT2D eigenvalue weighted by atomic mass is 16.4. The number of rotatable bonds is 15. The molecule has 4 unspecified atom stereocenters. The van der Waals surface area contributed by atoms with Crippen molar-refractivity contribution in [3.8, 4) is 0 Å². The van der Waals surface area contributed by atoms with Gasteiger partial charge in [0.15, 0.2) is 0 Å². The summed E-state index contributed by atoms with van der Waals surface area (Å²) in [7, 11) is 0. The lowest BCUT2D eigenvalue weighted by atomic mass is 10.0. The SMILES string of the molecule is NC(Cc1cnc[nH]1)C(=O)NC(Cc1ccccc1)C(=O)NC(Cc1ccccc1)C(=O)NC(CC(=O)O)C(=O)O. The van der Waals surface area contributed by atoms with Gasteiger partial charge in [0.2, 0.25) is 17.7 Å². The Labute approximate surface area is 235 Å². The van der Waals surface area contributed by atoms with Crippen molar-refractivity contribution in [1.29, 1.82) is 0 Å². The Bertz CT molecular complexity index is 1320. The number of aliphatic carboxylic acids is 2. The van der Waals surface area contributed by atoms with E-state index in [1.165, 1.54) is 12.5 Å². The van der Waals surface area contributed by atoms with Gasteiger partial charge < -0.3 is 36.9 Å². The third kappa shape index (κ3) is 9.89. The van der Waals surface area contributed by atoms with Gasteiger partial charge in [-0.15, -0.1) is 0 Å². The Hall–Kier alpha value is -5.04. The van der Waals surface area contributed by atoms with E-state index in [0.29, 0.717) is 11.3 Å². The van der Waals surface area contributed by atoms with Gasteiger partial charge in [0.05, 0.1) is 18.8 Å². The van der Waals surface area contributed by atoms with E-state index in [0.717, 1.165) is 5.56 Å². The molecule has 8 N–H and O–H groups in total. The van der Waals surface area contributed by atoms with Gasteiger partial charge in [0.25, 0.3) is 0 Å². The molecule has 2 aromatic carbocycles. The molecule has 1 heterocycles. The van der Waals surface area contributed by atoms with Crippen LogP contribution in [0.4, 0.5) is 0 Å². The zero-order chi connectivity index (χ0) is 29.8. The van der Waals surface area contributed by atoms with Crippen LogP contribution in [-0.2, 0) is 43.2 Å². The first-order valence-corrected chi connectivity index (χ1v) is 12.8. The molecule has 3 amide bonds. The molecule has 0 saturated carbocycles. The van der Waals surface area contributed by atoms with E-state index in [-0.39, 0.29) is 19.3 Å². The normalized spacial score (nSPS) is 13.7. The number of carboxylic acids is 2. The largest absolute Gasteiger partial charge is 0.481 e. The number of nitrogens with one attached hydrogen (secondary N) is 4. The number of nitrogens with zero attached hydrogens (tertiary/aromatic N) is 1. The Morgan fingerprint density at radius 2 is 1.22 bits per heavy atom. The van der Waals surface area contributed by atoms with E-state index in [4.69, 9.17) is 10.8 Å². The molecule has 3 aromatic rings. The molecule has 0 saturated heterocycles. The van der Waals surface area contributed by atoms with Gasteiger partial charge in [-0.25, -0.2) is 9.78 Å². The molecule has 0 aliphatic rings. The summed E-state index contributed by atoms with van der Waals surface area (Å²) in [5.74, 6) is -5.16. The summed E-state index contributed by atoms with van der Waals surface area (Å²) < 4.78 is 0. The highest BCUT2D eigenvalue weighted by molar-refractivity contribution is 5.95. The van der Waals surface area contributed by atoms with Crippen LogP contribution < -0.4 is 21.7 Å². The summed E-state index contributed by atoms with van der Waals surface area (Å²) in [6.07, 6.45) is 2.32. The fourth-order valence-electron chi connectivity index (χ4n) is 4.04. The fourth-order valence-corrected chi connectivity index (χ4v) is 4.04. The lowest BCUT2D eigenvalue weighted by molar-refractivity contribution is -0.147. The molecule has 0 aliphatic heterocycles. The topological polar surface area (TPSA) is 217 Å². The van der Waals surface area contributed by atoms with Crippen LogP contribution in [0.2, 0.25) is 0 Å². The lowest BCUT2D eigenvalue weighted by Crippen LogP contribution is -2.58. The van der Waals surface area contributed by atoms with E-state index in [2.05, 4.69) is 25.9 Å². The minimum atomic E-state index is -1.71. The number of amides is 3. The van der Waals surface area contributed by atoms with Crippen LogP contribution >= 0.6 is 0 Å². The standard InChI is InChI=1S/C28H32N6O7/c29-20(13-19-15-30-16-31-19)25(37)32-21(11-17-7-3-1-4-8-17)26(38)33-22(12-18-9-5-2-6-10-18)27(39)34-23(28(40)41)14-24(35)36/h1-10,15-16,20-23H,11-14,29H2,(H,30,31)(H,32,37)(H,33,38)(H,34,39)(H,35,36)(H,40,41). The van der Waals surface area contributed by atoms with E-state index in [1.54, 1.807) is 60.7 Å². The summed E-state index contributed by atoms with van der Waals surface area (Å²) in [4.78, 5) is 69.1. The van der Waals surface area contributed by atoms with E-state index in [9.17, 15) is 29.1 Å². The second-order valence-corrected chi connectivity index (χ2v) is 9.39.